The molecular formula is C20H26ClN5O. The fourth-order valence-electron chi connectivity index (χ4n) is 3.30. The summed E-state index contributed by atoms with van der Waals surface area (Å²) in [6, 6.07) is 10.2. The van der Waals surface area contributed by atoms with Crippen LogP contribution in [0.5, 0.6) is 5.75 Å². The van der Waals surface area contributed by atoms with Gasteiger partial charge in [0.25, 0.3) is 0 Å². The molecule has 0 spiro atoms. The minimum Gasteiger partial charge on any atom is -0.496 e. The quantitative estimate of drug-likeness (QED) is 0.610. The SMILES string of the molecule is CN=C(NCc1ccc(OC)c(C)c1)NC1CCN(c2ncccc2Cl)C1. The van der Waals surface area contributed by atoms with Crippen LogP contribution < -0.4 is 20.3 Å². The molecular weight excluding hydrogens is 362 g/mol. The number of ether oxygens (including phenoxy) is 1. The van der Waals surface area contributed by atoms with Gasteiger partial charge in [-0.3, -0.25) is 4.99 Å². The first-order chi connectivity index (χ1) is 13.1. The number of methoxy groups -OCH3 is 1. The van der Waals surface area contributed by atoms with Crippen LogP contribution in [0.1, 0.15) is 17.5 Å². The maximum Gasteiger partial charge on any atom is 0.191 e. The molecule has 2 aromatic rings. The van der Waals surface area contributed by atoms with E-state index in [-0.39, 0.29) is 0 Å². The van der Waals surface area contributed by atoms with Gasteiger partial charge in [0, 0.05) is 38.9 Å². The second-order valence-corrected chi connectivity index (χ2v) is 7.02. The number of nitrogens with one attached hydrogen (secondary N) is 2. The standard InChI is InChI=1S/C20H26ClN5O/c1-14-11-15(6-7-18(14)27-3)12-24-20(22-2)25-16-8-10-26(13-16)19-17(21)5-4-9-23-19/h4-7,9,11,16H,8,10,12-13H2,1-3H3,(H2,22,24,25). The van der Waals surface area contributed by atoms with Crippen molar-refractivity contribution >= 4 is 23.4 Å². The summed E-state index contributed by atoms with van der Waals surface area (Å²) in [6.45, 7) is 4.51. The minimum atomic E-state index is 0.298. The molecule has 6 nitrogen and oxygen atoms in total. The van der Waals surface area contributed by atoms with Gasteiger partial charge in [-0.1, -0.05) is 23.7 Å². The van der Waals surface area contributed by atoms with Crippen molar-refractivity contribution in [1.82, 2.24) is 15.6 Å². The van der Waals surface area contributed by atoms with E-state index in [2.05, 4.69) is 37.6 Å². The average molecular weight is 388 g/mol. The zero-order valence-corrected chi connectivity index (χ0v) is 16.8. The lowest BCUT2D eigenvalue weighted by atomic mass is 10.1. The highest BCUT2D eigenvalue weighted by molar-refractivity contribution is 6.32. The first-order valence-electron chi connectivity index (χ1n) is 9.07. The van der Waals surface area contributed by atoms with Crippen molar-refractivity contribution in [2.75, 3.05) is 32.1 Å². The molecule has 144 valence electrons. The van der Waals surface area contributed by atoms with Crippen LogP contribution in [0.25, 0.3) is 0 Å². The van der Waals surface area contributed by atoms with E-state index >= 15 is 0 Å². The van der Waals surface area contributed by atoms with E-state index in [0.29, 0.717) is 17.6 Å². The van der Waals surface area contributed by atoms with Gasteiger partial charge < -0.3 is 20.3 Å². The zero-order valence-electron chi connectivity index (χ0n) is 16.0. The normalized spacial score (nSPS) is 17.1. The number of rotatable bonds is 5. The van der Waals surface area contributed by atoms with Crippen LogP contribution in [0, 0.1) is 6.92 Å². The third-order valence-electron chi connectivity index (χ3n) is 4.71. The lowest BCUT2D eigenvalue weighted by molar-refractivity contribution is 0.411. The Balaban J connectivity index is 1.54. The number of nitrogens with zero attached hydrogens (tertiary/aromatic N) is 3. The number of hydrogen-bond donors (Lipinski definition) is 2. The van der Waals surface area contributed by atoms with Crippen molar-refractivity contribution in [1.29, 1.82) is 0 Å². The second-order valence-electron chi connectivity index (χ2n) is 6.61. The number of halogens is 1. The molecule has 2 N–H and O–H groups in total. The topological polar surface area (TPSA) is 61.8 Å². The number of anilines is 1. The number of guanidine groups is 1. The first kappa shape index (κ1) is 19.3. The van der Waals surface area contributed by atoms with Gasteiger partial charge in [-0.05, 0) is 42.7 Å². The van der Waals surface area contributed by atoms with Crippen molar-refractivity contribution in [3.8, 4) is 5.75 Å². The Hall–Kier alpha value is -2.47. The second kappa shape index (κ2) is 8.95. The van der Waals surface area contributed by atoms with Gasteiger partial charge in [0.1, 0.15) is 11.6 Å². The first-order valence-corrected chi connectivity index (χ1v) is 9.44. The third-order valence-corrected chi connectivity index (χ3v) is 5.01. The molecule has 0 bridgehead atoms. The summed E-state index contributed by atoms with van der Waals surface area (Å²) in [6.07, 6.45) is 2.79. The summed E-state index contributed by atoms with van der Waals surface area (Å²) < 4.78 is 5.31. The van der Waals surface area contributed by atoms with Crippen LogP contribution in [-0.2, 0) is 6.54 Å². The van der Waals surface area contributed by atoms with Crippen molar-refractivity contribution in [3.63, 3.8) is 0 Å². The number of aromatic nitrogens is 1. The van der Waals surface area contributed by atoms with Crippen LogP contribution in [0.15, 0.2) is 41.5 Å². The molecule has 1 saturated heterocycles. The Morgan fingerprint density at radius 3 is 2.96 bits per heavy atom. The maximum absolute atomic E-state index is 6.27. The lowest BCUT2D eigenvalue weighted by Crippen LogP contribution is -2.44. The number of pyridine rings is 1. The largest absolute Gasteiger partial charge is 0.496 e. The van der Waals surface area contributed by atoms with Crippen LogP contribution in [0.3, 0.4) is 0 Å². The van der Waals surface area contributed by atoms with E-state index in [4.69, 9.17) is 16.3 Å². The van der Waals surface area contributed by atoms with Crippen LogP contribution >= 0.6 is 11.6 Å². The predicted octanol–water partition coefficient (Wildman–Crippen LogP) is 3.00. The van der Waals surface area contributed by atoms with Gasteiger partial charge in [0.15, 0.2) is 5.96 Å². The predicted molar refractivity (Wildman–Crippen MR) is 111 cm³/mol. The van der Waals surface area contributed by atoms with E-state index in [0.717, 1.165) is 42.6 Å². The van der Waals surface area contributed by atoms with Gasteiger partial charge in [-0.15, -0.1) is 0 Å². The highest BCUT2D eigenvalue weighted by atomic mass is 35.5. The molecule has 1 aliphatic heterocycles. The molecule has 1 fully saturated rings. The molecule has 0 aliphatic carbocycles. The Morgan fingerprint density at radius 1 is 1.41 bits per heavy atom. The Morgan fingerprint density at radius 2 is 2.26 bits per heavy atom. The maximum atomic E-state index is 6.27. The van der Waals surface area contributed by atoms with Crippen LogP contribution in [0.2, 0.25) is 5.02 Å². The molecule has 1 aliphatic rings. The summed E-state index contributed by atoms with van der Waals surface area (Å²) in [5, 5.41) is 7.57. The number of aliphatic imine (C=N–C) groups is 1. The number of aryl methyl sites for hydroxylation is 1. The summed E-state index contributed by atoms with van der Waals surface area (Å²) in [4.78, 5) is 11.0. The molecule has 1 atom stereocenters. The summed E-state index contributed by atoms with van der Waals surface area (Å²) in [5.41, 5.74) is 2.31. The van der Waals surface area contributed by atoms with Gasteiger partial charge >= 0.3 is 0 Å². The van der Waals surface area contributed by atoms with Gasteiger partial charge in [0.05, 0.1) is 12.1 Å². The van der Waals surface area contributed by atoms with Crippen LogP contribution in [0.4, 0.5) is 5.82 Å². The lowest BCUT2D eigenvalue weighted by Gasteiger charge is -2.20. The molecule has 0 radical (unpaired) electrons. The molecule has 7 heteroatoms. The van der Waals surface area contributed by atoms with E-state index < -0.39 is 0 Å². The third kappa shape index (κ3) is 4.83. The molecule has 2 heterocycles. The highest BCUT2D eigenvalue weighted by Gasteiger charge is 2.25. The molecule has 0 amide bonds. The Bertz CT molecular complexity index is 811. The monoisotopic (exact) mass is 387 g/mol. The Labute approximate surface area is 165 Å². The van der Waals surface area contributed by atoms with Crippen molar-refractivity contribution in [2.24, 2.45) is 4.99 Å². The Kier molecular flexibility index (Phi) is 6.40. The van der Waals surface area contributed by atoms with Gasteiger partial charge in [-0.2, -0.15) is 0 Å². The highest BCUT2D eigenvalue weighted by Crippen LogP contribution is 2.25. The molecule has 1 unspecified atom stereocenters. The van der Waals surface area contributed by atoms with E-state index in [1.54, 1.807) is 20.4 Å². The van der Waals surface area contributed by atoms with Crippen molar-refractivity contribution in [2.45, 2.75) is 25.9 Å². The fourth-order valence-corrected chi connectivity index (χ4v) is 3.55. The smallest absolute Gasteiger partial charge is 0.191 e. The molecule has 3 rings (SSSR count). The van der Waals surface area contributed by atoms with E-state index in [9.17, 15) is 0 Å². The van der Waals surface area contributed by atoms with Crippen molar-refractivity contribution < 1.29 is 4.74 Å². The molecule has 1 aromatic carbocycles. The average Bonchev–Trinajstić information content (AvgIpc) is 3.14. The van der Waals surface area contributed by atoms with Crippen LogP contribution in [-0.4, -0.2) is 44.2 Å². The van der Waals surface area contributed by atoms with Gasteiger partial charge in [-0.25, -0.2) is 4.98 Å². The summed E-state index contributed by atoms with van der Waals surface area (Å²) in [5.74, 6) is 2.54. The molecule has 27 heavy (non-hydrogen) atoms. The minimum absolute atomic E-state index is 0.298. The van der Waals surface area contributed by atoms with E-state index in [1.807, 2.05) is 25.1 Å². The van der Waals surface area contributed by atoms with Gasteiger partial charge in [0.2, 0.25) is 0 Å². The van der Waals surface area contributed by atoms with Crippen molar-refractivity contribution in [3.05, 3.63) is 52.7 Å². The molecule has 1 aromatic heterocycles. The number of benzene rings is 1. The van der Waals surface area contributed by atoms with E-state index in [1.165, 1.54) is 5.56 Å². The zero-order chi connectivity index (χ0) is 19.2. The fraction of sp³-hybridized carbons (Fsp3) is 0.400. The summed E-state index contributed by atoms with van der Waals surface area (Å²) >= 11 is 6.27. The molecule has 0 saturated carbocycles. The summed E-state index contributed by atoms with van der Waals surface area (Å²) in [7, 11) is 3.48. The number of hydrogen-bond acceptors (Lipinski definition) is 4.